The highest BCUT2D eigenvalue weighted by Crippen LogP contribution is 2.36. The highest BCUT2D eigenvalue weighted by Gasteiger charge is 2.39. The van der Waals surface area contributed by atoms with Gasteiger partial charge in [0.05, 0.1) is 13.2 Å². The summed E-state index contributed by atoms with van der Waals surface area (Å²) in [5, 5.41) is 0.728. The van der Waals surface area contributed by atoms with E-state index < -0.39 is 0 Å². The lowest BCUT2D eigenvalue weighted by atomic mass is 9.77. The minimum absolute atomic E-state index is 0.152. The van der Waals surface area contributed by atoms with E-state index in [1.54, 1.807) is 7.11 Å². The van der Waals surface area contributed by atoms with Gasteiger partial charge in [-0.05, 0) is 81.1 Å². The van der Waals surface area contributed by atoms with Gasteiger partial charge in [0.2, 0.25) is 5.91 Å². The smallest absolute Gasteiger partial charge is 0.223 e. The standard InChI is InChI=1S/C33H44ClN3O3/c1-25-18-30(12-13-31(25)34)40-24-33(20-32(38)35(4)21-28-10-7-6-8-11-28)14-9-15-36(23-33)22-29-19-26(2)37(27(29)3)16-17-39-5/h6-8,10-13,18-19H,9,14-17,20-24H2,1-5H3/t33-/m0/s1. The minimum atomic E-state index is -0.282. The van der Waals surface area contributed by atoms with Crippen LogP contribution in [0.4, 0.5) is 0 Å². The van der Waals surface area contributed by atoms with E-state index in [0.717, 1.165) is 60.9 Å². The summed E-state index contributed by atoms with van der Waals surface area (Å²) < 4.78 is 14.1. The molecule has 4 rings (SSSR count). The highest BCUT2D eigenvalue weighted by atomic mass is 35.5. The van der Waals surface area contributed by atoms with Crippen molar-refractivity contribution >= 4 is 17.5 Å². The molecule has 1 aromatic heterocycles. The summed E-state index contributed by atoms with van der Waals surface area (Å²) in [7, 11) is 3.65. The van der Waals surface area contributed by atoms with Gasteiger partial charge in [0, 0.05) is 68.6 Å². The van der Waals surface area contributed by atoms with Crippen LogP contribution in [0.15, 0.2) is 54.6 Å². The van der Waals surface area contributed by atoms with Crippen LogP contribution < -0.4 is 4.74 Å². The Morgan fingerprint density at radius 2 is 1.88 bits per heavy atom. The van der Waals surface area contributed by atoms with Gasteiger partial charge in [-0.1, -0.05) is 41.9 Å². The molecular weight excluding hydrogens is 522 g/mol. The zero-order valence-corrected chi connectivity index (χ0v) is 25.5. The molecule has 40 heavy (non-hydrogen) atoms. The fraction of sp³-hybridized carbons (Fsp3) is 0.485. The molecule has 0 saturated carbocycles. The van der Waals surface area contributed by atoms with Crippen LogP contribution in [0.1, 0.15) is 47.3 Å². The number of piperidine rings is 1. The topological polar surface area (TPSA) is 46.9 Å². The monoisotopic (exact) mass is 565 g/mol. The second kappa shape index (κ2) is 13.7. The summed E-state index contributed by atoms with van der Waals surface area (Å²) in [6, 6.07) is 18.2. The molecule has 216 valence electrons. The van der Waals surface area contributed by atoms with Crippen molar-refractivity contribution in [3.8, 4) is 5.75 Å². The van der Waals surface area contributed by atoms with E-state index in [9.17, 15) is 4.79 Å². The number of ether oxygens (including phenoxy) is 2. The van der Waals surface area contributed by atoms with Crippen LogP contribution in [0, 0.1) is 26.2 Å². The number of aryl methyl sites for hydroxylation is 2. The molecule has 1 atom stereocenters. The number of benzene rings is 2. The van der Waals surface area contributed by atoms with Gasteiger partial charge in [-0.2, -0.15) is 0 Å². The van der Waals surface area contributed by atoms with Crippen LogP contribution in [0.3, 0.4) is 0 Å². The van der Waals surface area contributed by atoms with E-state index in [1.807, 2.05) is 55.3 Å². The summed E-state index contributed by atoms with van der Waals surface area (Å²) in [6.45, 7) is 11.7. The number of nitrogens with zero attached hydrogens (tertiary/aromatic N) is 3. The Bertz CT molecular complexity index is 1280. The number of amides is 1. The SMILES string of the molecule is COCCn1c(C)cc(CN2CCC[C@](COc3ccc(Cl)c(C)c3)(CC(=O)N(C)Cc3ccccc3)C2)c1C. The first-order valence-corrected chi connectivity index (χ1v) is 14.6. The Labute approximate surface area is 244 Å². The van der Waals surface area contributed by atoms with Gasteiger partial charge >= 0.3 is 0 Å². The van der Waals surface area contributed by atoms with Crippen molar-refractivity contribution < 1.29 is 14.3 Å². The predicted molar refractivity (Wildman–Crippen MR) is 162 cm³/mol. The van der Waals surface area contributed by atoms with Gasteiger partial charge in [0.15, 0.2) is 0 Å². The first kappa shape index (κ1) is 30.2. The zero-order chi connectivity index (χ0) is 28.7. The number of rotatable bonds is 12. The van der Waals surface area contributed by atoms with Gasteiger partial charge in [0.25, 0.3) is 0 Å². The van der Waals surface area contributed by atoms with Crippen molar-refractivity contribution in [3.63, 3.8) is 0 Å². The Balaban J connectivity index is 1.52. The Morgan fingerprint density at radius 3 is 2.60 bits per heavy atom. The normalized spacial score (nSPS) is 17.6. The largest absolute Gasteiger partial charge is 0.493 e. The Hall–Kier alpha value is -2.80. The third kappa shape index (κ3) is 7.68. The van der Waals surface area contributed by atoms with E-state index in [2.05, 4.69) is 41.5 Å². The van der Waals surface area contributed by atoms with Crippen molar-refractivity contribution in [2.75, 3.05) is 40.5 Å². The lowest BCUT2D eigenvalue weighted by molar-refractivity contribution is -0.135. The van der Waals surface area contributed by atoms with Gasteiger partial charge < -0.3 is 18.9 Å². The number of halogens is 1. The molecule has 0 unspecified atom stereocenters. The molecule has 1 fully saturated rings. The summed E-state index contributed by atoms with van der Waals surface area (Å²) >= 11 is 6.26. The molecule has 0 bridgehead atoms. The maximum Gasteiger partial charge on any atom is 0.223 e. The Morgan fingerprint density at radius 1 is 1.10 bits per heavy atom. The third-order valence-electron chi connectivity index (χ3n) is 8.22. The van der Waals surface area contributed by atoms with E-state index in [4.69, 9.17) is 21.1 Å². The van der Waals surface area contributed by atoms with Crippen molar-refractivity contribution in [1.29, 1.82) is 0 Å². The molecule has 1 aliphatic heterocycles. The third-order valence-corrected chi connectivity index (χ3v) is 8.64. The lowest BCUT2D eigenvalue weighted by Crippen LogP contribution is -2.48. The molecular formula is C33H44ClN3O3. The van der Waals surface area contributed by atoms with Crippen LogP contribution in [0.5, 0.6) is 5.75 Å². The number of aromatic nitrogens is 1. The average molecular weight is 566 g/mol. The molecule has 0 aliphatic carbocycles. The van der Waals surface area contributed by atoms with Gasteiger partial charge in [0.1, 0.15) is 5.75 Å². The van der Waals surface area contributed by atoms with Gasteiger partial charge in [-0.25, -0.2) is 0 Å². The van der Waals surface area contributed by atoms with Crippen molar-refractivity contribution in [2.45, 2.75) is 59.7 Å². The first-order chi connectivity index (χ1) is 19.2. The molecule has 2 aromatic carbocycles. The maximum atomic E-state index is 13.6. The molecule has 1 aliphatic rings. The van der Waals surface area contributed by atoms with Crippen LogP contribution >= 0.6 is 11.6 Å². The van der Waals surface area contributed by atoms with E-state index in [1.165, 1.54) is 17.0 Å². The van der Waals surface area contributed by atoms with E-state index in [0.29, 0.717) is 26.2 Å². The van der Waals surface area contributed by atoms with Gasteiger partial charge in [-0.3, -0.25) is 9.69 Å². The van der Waals surface area contributed by atoms with Crippen LogP contribution in [0.2, 0.25) is 5.02 Å². The molecule has 0 radical (unpaired) electrons. The molecule has 3 aromatic rings. The molecule has 0 spiro atoms. The van der Waals surface area contributed by atoms with Gasteiger partial charge in [-0.15, -0.1) is 0 Å². The zero-order valence-electron chi connectivity index (χ0n) is 24.7. The minimum Gasteiger partial charge on any atom is -0.493 e. The molecule has 1 saturated heterocycles. The number of carbonyl (C=O) groups is 1. The summed E-state index contributed by atoms with van der Waals surface area (Å²) in [6.07, 6.45) is 2.43. The number of hydrogen-bond donors (Lipinski definition) is 0. The summed E-state index contributed by atoms with van der Waals surface area (Å²) in [5.74, 6) is 0.949. The van der Waals surface area contributed by atoms with Crippen LogP contribution in [0.25, 0.3) is 0 Å². The van der Waals surface area contributed by atoms with Crippen LogP contribution in [-0.2, 0) is 29.2 Å². The second-order valence-electron chi connectivity index (χ2n) is 11.5. The molecule has 0 N–H and O–H groups in total. The number of carbonyl (C=O) groups excluding carboxylic acids is 1. The molecule has 7 heteroatoms. The quantitative estimate of drug-likeness (QED) is 0.254. The average Bonchev–Trinajstić information content (AvgIpc) is 3.20. The Kier molecular flexibility index (Phi) is 10.3. The van der Waals surface area contributed by atoms with Crippen molar-refractivity contribution in [3.05, 3.63) is 87.7 Å². The fourth-order valence-corrected chi connectivity index (χ4v) is 6.02. The van der Waals surface area contributed by atoms with Crippen LogP contribution in [-0.4, -0.2) is 60.7 Å². The number of methoxy groups -OCH3 is 1. The maximum absolute atomic E-state index is 13.6. The van der Waals surface area contributed by atoms with E-state index >= 15 is 0 Å². The fourth-order valence-electron chi connectivity index (χ4n) is 5.90. The lowest BCUT2D eigenvalue weighted by Gasteiger charge is -2.43. The van der Waals surface area contributed by atoms with Crippen molar-refractivity contribution in [2.24, 2.45) is 5.41 Å². The number of hydrogen-bond acceptors (Lipinski definition) is 4. The van der Waals surface area contributed by atoms with E-state index in [-0.39, 0.29) is 11.3 Å². The highest BCUT2D eigenvalue weighted by molar-refractivity contribution is 6.31. The number of likely N-dealkylation sites (tertiary alicyclic amines) is 1. The molecule has 6 nitrogen and oxygen atoms in total. The molecule has 1 amide bonds. The first-order valence-electron chi connectivity index (χ1n) is 14.2. The van der Waals surface area contributed by atoms with Crippen molar-refractivity contribution in [1.82, 2.24) is 14.4 Å². The molecule has 2 heterocycles. The second-order valence-corrected chi connectivity index (χ2v) is 11.9. The summed E-state index contributed by atoms with van der Waals surface area (Å²) in [5.41, 5.74) is 5.72. The predicted octanol–water partition coefficient (Wildman–Crippen LogP) is 6.42. The summed E-state index contributed by atoms with van der Waals surface area (Å²) in [4.78, 5) is 18.0.